The molecule has 1 fully saturated rings. The van der Waals surface area contributed by atoms with E-state index in [1.165, 1.54) is 0 Å². The van der Waals surface area contributed by atoms with Gasteiger partial charge in [0.05, 0.1) is 5.56 Å². The zero-order chi connectivity index (χ0) is 14.7. The first-order valence-electron chi connectivity index (χ1n) is 6.98. The molecular formula is C15H19F2NO2. The minimum absolute atomic E-state index is 0.0993. The Labute approximate surface area is 117 Å². The molecule has 110 valence electrons. The van der Waals surface area contributed by atoms with E-state index in [0.717, 1.165) is 44.2 Å². The van der Waals surface area contributed by atoms with Crippen LogP contribution < -0.4 is 5.73 Å². The summed E-state index contributed by atoms with van der Waals surface area (Å²) in [6.45, 7) is 2.06. The fourth-order valence-corrected chi connectivity index (χ4v) is 2.74. The molecule has 0 radical (unpaired) electrons. The van der Waals surface area contributed by atoms with Crippen molar-refractivity contribution in [3.05, 3.63) is 29.3 Å². The Balaban J connectivity index is 2.13. The first-order chi connectivity index (χ1) is 9.52. The molecule has 2 rings (SSSR count). The second kappa shape index (κ2) is 6.20. The maximum atomic E-state index is 13.2. The first kappa shape index (κ1) is 14.8. The van der Waals surface area contributed by atoms with E-state index in [4.69, 9.17) is 10.5 Å². The summed E-state index contributed by atoms with van der Waals surface area (Å²) in [5, 5.41) is 0. The number of carbonyl (C=O) groups excluding carboxylic acids is 1. The van der Waals surface area contributed by atoms with Gasteiger partial charge in [0.25, 0.3) is 0 Å². The van der Waals surface area contributed by atoms with E-state index in [2.05, 4.69) is 6.92 Å². The van der Waals surface area contributed by atoms with Crippen LogP contribution in [-0.2, 0) is 4.74 Å². The minimum Gasteiger partial charge on any atom is -0.458 e. The van der Waals surface area contributed by atoms with Gasteiger partial charge in [0, 0.05) is 11.8 Å². The van der Waals surface area contributed by atoms with Crippen molar-refractivity contribution < 1.29 is 18.3 Å². The van der Waals surface area contributed by atoms with Gasteiger partial charge in [-0.3, -0.25) is 0 Å². The monoisotopic (exact) mass is 283 g/mol. The maximum absolute atomic E-state index is 13.2. The van der Waals surface area contributed by atoms with Crippen LogP contribution in [-0.4, -0.2) is 12.1 Å². The van der Waals surface area contributed by atoms with Gasteiger partial charge >= 0.3 is 5.97 Å². The molecule has 1 saturated carbocycles. The average Bonchev–Trinajstić information content (AvgIpc) is 2.43. The average molecular weight is 283 g/mol. The fourth-order valence-electron chi connectivity index (χ4n) is 2.74. The van der Waals surface area contributed by atoms with Crippen LogP contribution in [0.4, 0.5) is 14.5 Å². The number of carbonyl (C=O) groups is 1. The Bertz CT molecular complexity index is 505. The van der Waals surface area contributed by atoms with Crippen molar-refractivity contribution in [2.45, 2.75) is 45.1 Å². The van der Waals surface area contributed by atoms with Crippen molar-refractivity contribution in [2.24, 2.45) is 5.92 Å². The van der Waals surface area contributed by atoms with E-state index in [1.54, 1.807) is 0 Å². The lowest BCUT2D eigenvalue weighted by molar-refractivity contribution is 0.000770. The van der Waals surface area contributed by atoms with Crippen molar-refractivity contribution in [3.8, 4) is 0 Å². The lowest BCUT2D eigenvalue weighted by Crippen LogP contribution is -2.30. The third kappa shape index (κ3) is 3.08. The molecule has 0 aromatic heterocycles. The molecule has 1 aliphatic carbocycles. The van der Waals surface area contributed by atoms with Gasteiger partial charge in [0.1, 0.15) is 6.10 Å². The smallest absolute Gasteiger partial charge is 0.340 e. The number of halogens is 2. The molecule has 3 nitrogen and oxygen atoms in total. The highest BCUT2D eigenvalue weighted by molar-refractivity contribution is 5.95. The summed E-state index contributed by atoms with van der Waals surface area (Å²) in [6.07, 6.45) is 4.77. The van der Waals surface area contributed by atoms with Gasteiger partial charge in [-0.05, 0) is 37.7 Å². The summed E-state index contributed by atoms with van der Waals surface area (Å²) < 4.78 is 31.6. The molecule has 0 bridgehead atoms. The van der Waals surface area contributed by atoms with Crippen molar-refractivity contribution in [1.82, 2.24) is 0 Å². The van der Waals surface area contributed by atoms with Crippen molar-refractivity contribution in [1.29, 1.82) is 0 Å². The summed E-state index contributed by atoms with van der Waals surface area (Å²) in [7, 11) is 0. The van der Waals surface area contributed by atoms with Crippen LogP contribution in [0.2, 0.25) is 0 Å². The van der Waals surface area contributed by atoms with Crippen LogP contribution in [0.1, 0.15) is 49.4 Å². The Hall–Kier alpha value is -1.65. The van der Waals surface area contributed by atoms with E-state index >= 15 is 0 Å². The summed E-state index contributed by atoms with van der Waals surface area (Å²) in [5.74, 6) is -2.50. The molecule has 5 heteroatoms. The van der Waals surface area contributed by atoms with Gasteiger partial charge in [-0.15, -0.1) is 0 Å². The summed E-state index contributed by atoms with van der Waals surface area (Å²) in [4.78, 5) is 12.1. The molecule has 1 aromatic rings. The summed E-state index contributed by atoms with van der Waals surface area (Å²) in [5.41, 5.74) is 5.35. The van der Waals surface area contributed by atoms with E-state index in [-0.39, 0.29) is 17.4 Å². The van der Waals surface area contributed by atoms with Crippen LogP contribution in [0.3, 0.4) is 0 Å². The number of benzene rings is 1. The van der Waals surface area contributed by atoms with E-state index in [9.17, 15) is 13.6 Å². The molecule has 2 N–H and O–H groups in total. The van der Waals surface area contributed by atoms with Crippen LogP contribution >= 0.6 is 0 Å². The molecule has 1 aliphatic rings. The zero-order valence-corrected chi connectivity index (χ0v) is 11.5. The Morgan fingerprint density at radius 2 is 1.95 bits per heavy atom. The molecule has 0 amide bonds. The minimum atomic E-state index is -1.10. The van der Waals surface area contributed by atoms with Gasteiger partial charge in [-0.2, -0.15) is 0 Å². The fraction of sp³-hybridized carbons (Fsp3) is 0.533. The molecular weight excluding hydrogens is 264 g/mol. The van der Waals surface area contributed by atoms with Gasteiger partial charge in [0.15, 0.2) is 11.6 Å². The Morgan fingerprint density at radius 3 is 2.65 bits per heavy atom. The van der Waals surface area contributed by atoms with Crippen molar-refractivity contribution >= 4 is 11.7 Å². The van der Waals surface area contributed by atoms with Gasteiger partial charge in [0.2, 0.25) is 0 Å². The highest BCUT2D eigenvalue weighted by atomic mass is 19.2. The molecule has 2 unspecified atom stereocenters. The molecule has 2 atom stereocenters. The second-order valence-corrected chi connectivity index (χ2v) is 5.25. The lowest BCUT2D eigenvalue weighted by Gasteiger charge is -2.30. The Kier molecular flexibility index (Phi) is 4.57. The Morgan fingerprint density at radius 1 is 1.30 bits per heavy atom. The highest BCUT2D eigenvalue weighted by Crippen LogP contribution is 2.30. The quantitative estimate of drug-likeness (QED) is 0.680. The highest BCUT2D eigenvalue weighted by Gasteiger charge is 2.28. The number of rotatable bonds is 3. The van der Waals surface area contributed by atoms with Crippen LogP contribution in [0.15, 0.2) is 12.1 Å². The van der Waals surface area contributed by atoms with Gasteiger partial charge in [-0.1, -0.05) is 13.3 Å². The predicted octanol–water partition coefficient (Wildman–Crippen LogP) is 3.67. The van der Waals surface area contributed by atoms with Gasteiger partial charge < -0.3 is 10.5 Å². The topological polar surface area (TPSA) is 52.3 Å². The number of esters is 1. The van der Waals surface area contributed by atoms with Crippen molar-refractivity contribution in [2.75, 3.05) is 5.73 Å². The zero-order valence-electron chi connectivity index (χ0n) is 11.5. The molecule has 20 heavy (non-hydrogen) atoms. The van der Waals surface area contributed by atoms with E-state index in [0.29, 0.717) is 5.92 Å². The molecule has 0 heterocycles. The van der Waals surface area contributed by atoms with Crippen LogP contribution in [0, 0.1) is 17.6 Å². The number of ether oxygens (including phenoxy) is 1. The van der Waals surface area contributed by atoms with E-state index < -0.39 is 17.6 Å². The maximum Gasteiger partial charge on any atom is 0.340 e. The first-order valence-corrected chi connectivity index (χ1v) is 6.98. The normalized spacial score (nSPS) is 22.6. The number of hydrogen-bond donors (Lipinski definition) is 1. The molecule has 0 spiro atoms. The molecule has 1 aromatic carbocycles. The SMILES string of the molecule is CCC1CCCCC1OC(=O)c1cc(F)c(F)cc1N. The van der Waals surface area contributed by atoms with Crippen molar-refractivity contribution in [3.63, 3.8) is 0 Å². The number of nitrogens with two attached hydrogens (primary N) is 1. The third-order valence-electron chi connectivity index (χ3n) is 3.93. The molecule has 0 saturated heterocycles. The second-order valence-electron chi connectivity index (χ2n) is 5.25. The number of anilines is 1. The predicted molar refractivity (Wildman–Crippen MR) is 72.2 cm³/mol. The van der Waals surface area contributed by atoms with Crippen LogP contribution in [0.5, 0.6) is 0 Å². The van der Waals surface area contributed by atoms with Gasteiger partial charge in [-0.25, -0.2) is 13.6 Å². The third-order valence-corrected chi connectivity index (χ3v) is 3.93. The lowest BCUT2D eigenvalue weighted by atomic mass is 9.85. The summed E-state index contributed by atoms with van der Waals surface area (Å²) >= 11 is 0. The largest absolute Gasteiger partial charge is 0.458 e. The number of hydrogen-bond acceptors (Lipinski definition) is 3. The van der Waals surface area contributed by atoms with Crippen LogP contribution in [0.25, 0.3) is 0 Å². The summed E-state index contributed by atoms with van der Waals surface area (Å²) in [6, 6.07) is 1.61. The number of nitrogen functional groups attached to an aromatic ring is 1. The standard InChI is InChI=1S/C15H19F2NO2/c1-2-9-5-3-4-6-14(9)20-15(19)10-7-11(16)12(17)8-13(10)18/h7-9,14H,2-6,18H2,1H3. The van der Waals surface area contributed by atoms with E-state index in [1.807, 2.05) is 0 Å². The molecule has 0 aliphatic heterocycles.